The van der Waals surface area contributed by atoms with Gasteiger partial charge in [0.25, 0.3) is 0 Å². The highest BCUT2D eigenvalue weighted by atomic mass is 32.2. The van der Waals surface area contributed by atoms with Crippen LogP contribution in [0.4, 0.5) is 13.2 Å². The molecule has 2 rings (SSSR count). The zero-order valence-electron chi connectivity index (χ0n) is 12.7. The van der Waals surface area contributed by atoms with E-state index >= 15 is 0 Å². The standard InChI is InChI=1S/C15H15F3N2O3S/c1-2-23-14-11(4-3-9-19-14)10-20-24(21,22)13-7-5-12(6-8-13)15(16,17)18/h3-9,20H,2,10H2,1H3. The summed E-state index contributed by atoms with van der Waals surface area (Å²) in [6, 6.07) is 6.56. The third-order valence-corrected chi connectivity index (χ3v) is 4.49. The highest BCUT2D eigenvalue weighted by Crippen LogP contribution is 2.29. The maximum absolute atomic E-state index is 12.5. The Morgan fingerprint density at radius 3 is 2.42 bits per heavy atom. The van der Waals surface area contributed by atoms with Crippen molar-refractivity contribution in [2.75, 3.05) is 6.61 Å². The van der Waals surface area contributed by atoms with Crippen LogP contribution in [0.3, 0.4) is 0 Å². The molecule has 130 valence electrons. The minimum Gasteiger partial charge on any atom is -0.478 e. The topological polar surface area (TPSA) is 68.3 Å². The van der Waals surface area contributed by atoms with Crippen molar-refractivity contribution in [2.24, 2.45) is 0 Å². The van der Waals surface area contributed by atoms with Crippen LogP contribution in [0.5, 0.6) is 5.88 Å². The third kappa shape index (κ3) is 4.45. The zero-order valence-corrected chi connectivity index (χ0v) is 13.5. The Hall–Kier alpha value is -2.13. The average Bonchev–Trinajstić information content (AvgIpc) is 2.54. The van der Waals surface area contributed by atoms with Crippen molar-refractivity contribution in [3.05, 3.63) is 53.7 Å². The summed E-state index contributed by atoms with van der Waals surface area (Å²) in [7, 11) is -3.95. The number of sulfonamides is 1. The van der Waals surface area contributed by atoms with Gasteiger partial charge in [0.15, 0.2) is 0 Å². The lowest BCUT2D eigenvalue weighted by molar-refractivity contribution is -0.137. The molecule has 1 heterocycles. The summed E-state index contributed by atoms with van der Waals surface area (Å²) in [5.41, 5.74) is -0.387. The Kier molecular flexibility index (Phi) is 5.45. The van der Waals surface area contributed by atoms with Gasteiger partial charge in [0.05, 0.1) is 17.1 Å². The Bertz CT molecular complexity index is 790. The Morgan fingerprint density at radius 2 is 1.83 bits per heavy atom. The number of aromatic nitrogens is 1. The number of benzene rings is 1. The first-order valence-corrected chi connectivity index (χ1v) is 8.46. The lowest BCUT2D eigenvalue weighted by atomic mass is 10.2. The van der Waals surface area contributed by atoms with Gasteiger partial charge in [0, 0.05) is 18.3 Å². The van der Waals surface area contributed by atoms with Crippen LogP contribution >= 0.6 is 0 Å². The van der Waals surface area contributed by atoms with Gasteiger partial charge in [-0.2, -0.15) is 13.2 Å². The molecule has 0 unspecified atom stereocenters. The maximum Gasteiger partial charge on any atom is 0.416 e. The molecule has 1 N–H and O–H groups in total. The van der Waals surface area contributed by atoms with E-state index in [2.05, 4.69) is 9.71 Å². The molecule has 24 heavy (non-hydrogen) atoms. The van der Waals surface area contributed by atoms with Crippen LogP contribution in [0.25, 0.3) is 0 Å². The molecule has 0 aliphatic rings. The van der Waals surface area contributed by atoms with Gasteiger partial charge >= 0.3 is 6.18 Å². The molecule has 0 fully saturated rings. The molecule has 0 aliphatic heterocycles. The first kappa shape index (κ1) is 18.2. The largest absolute Gasteiger partial charge is 0.478 e. The number of hydrogen-bond acceptors (Lipinski definition) is 4. The Morgan fingerprint density at radius 1 is 1.17 bits per heavy atom. The highest BCUT2D eigenvalue weighted by Gasteiger charge is 2.30. The summed E-state index contributed by atoms with van der Waals surface area (Å²) in [6.07, 6.45) is -3.00. The van der Waals surface area contributed by atoms with Crippen molar-refractivity contribution in [3.63, 3.8) is 0 Å². The normalized spacial score (nSPS) is 12.2. The van der Waals surface area contributed by atoms with Gasteiger partial charge in [-0.1, -0.05) is 6.07 Å². The molecular weight excluding hydrogens is 345 g/mol. The van der Waals surface area contributed by atoms with Gasteiger partial charge in [0.1, 0.15) is 0 Å². The fourth-order valence-corrected chi connectivity index (χ4v) is 2.91. The third-order valence-electron chi connectivity index (χ3n) is 3.08. The molecular formula is C15H15F3N2O3S. The van der Waals surface area contributed by atoms with E-state index in [9.17, 15) is 21.6 Å². The summed E-state index contributed by atoms with van der Waals surface area (Å²) in [5, 5.41) is 0. The molecule has 0 spiro atoms. The number of halogens is 3. The first-order chi connectivity index (χ1) is 11.2. The molecule has 1 aromatic carbocycles. The lowest BCUT2D eigenvalue weighted by Gasteiger charge is -2.11. The SMILES string of the molecule is CCOc1ncccc1CNS(=O)(=O)c1ccc(C(F)(F)F)cc1. The number of alkyl halides is 3. The Balaban J connectivity index is 2.15. The quantitative estimate of drug-likeness (QED) is 0.860. The van der Waals surface area contributed by atoms with Crippen molar-refractivity contribution < 1.29 is 26.3 Å². The van der Waals surface area contributed by atoms with Crippen LogP contribution in [0.2, 0.25) is 0 Å². The Labute approximate surface area is 137 Å². The van der Waals surface area contributed by atoms with Gasteiger partial charge in [0.2, 0.25) is 15.9 Å². The maximum atomic E-state index is 12.5. The summed E-state index contributed by atoms with van der Waals surface area (Å²) in [4.78, 5) is 3.75. The summed E-state index contributed by atoms with van der Waals surface area (Å²) < 4.78 is 69.5. The number of nitrogens with zero attached hydrogens (tertiary/aromatic N) is 1. The highest BCUT2D eigenvalue weighted by molar-refractivity contribution is 7.89. The predicted molar refractivity (Wildman–Crippen MR) is 80.9 cm³/mol. The first-order valence-electron chi connectivity index (χ1n) is 6.97. The molecule has 0 bridgehead atoms. The molecule has 5 nitrogen and oxygen atoms in total. The van der Waals surface area contributed by atoms with Gasteiger partial charge in [-0.15, -0.1) is 0 Å². The molecule has 0 radical (unpaired) electrons. The van der Waals surface area contributed by atoms with E-state index in [-0.39, 0.29) is 11.4 Å². The van der Waals surface area contributed by atoms with Crippen LogP contribution in [0.15, 0.2) is 47.5 Å². The zero-order chi connectivity index (χ0) is 17.8. The lowest BCUT2D eigenvalue weighted by Crippen LogP contribution is -2.23. The van der Waals surface area contributed by atoms with E-state index in [0.29, 0.717) is 18.1 Å². The van der Waals surface area contributed by atoms with Crippen molar-refractivity contribution in [1.29, 1.82) is 0 Å². The number of rotatable bonds is 6. The van der Waals surface area contributed by atoms with E-state index in [1.165, 1.54) is 6.20 Å². The van der Waals surface area contributed by atoms with Crippen LogP contribution in [-0.4, -0.2) is 20.0 Å². The van der Waals surface area contributed by atoms with Crippen molar-refractivity contribution in [1.82, 2.24) is 9.71 Å². The molecule has 0 saturated carbocycles. The summed E-state index contributed by atoms with van der Waals surface area (Å²) >= 11 is 0. The molecule has 0 atom stereocenters. The molecule has 0 saturated heterocycles. The van der Waals surface area contributed by atoms with Crippen LogP contribution in [0, 0.1) is 0 Å². The molecule has 1 aromatic heterocycles. The van der Waals surface area contributed by atoms with Crippen molar-refractivity contribution in [3.8, 4) is 5.88 Å². The second-order valence-corrected chi connectivity index (χ2v) is 6.51. The predicted octanol–water partition coefficient (Wildman–Crippen LogP) is 2.98. The van der Waals surface area contributed by atoms with Crippen LogP contribution < -0.4 is 9.46 Å². The second kappa shape index (κ2) is 7.18. The van der Waals surface area contributed by atoms with E-state index in [0.717, 1.165) is 24.3 Å². The fraction of sp³-hybridized carbons (Fsp3) is 0.267. The van der Waals surface area contributed by atoms with Gasteiger partial charge in [-0.05, 0) is 37.3 Å². The minimum atomic E-state index is -4.52. The summed E-state index contributed by atoms with van der Waals surface area (Å²) in [6.45, 7) is 2.05. The summed E-state index contributed by atoms with van der Waals surface area (Å²) in [5.74, 6) is 0.301. The van der Waals surface area contributed by atoms with Crippen molar-refractivity contribution in [2.45, 2.75) is 24.5 Å². The fourth-order valence-electron chi connectivity index (χ4n) is 1.90. The van der Waals surface area contributed by atoms with Crippen molar-refractivity contribution >= 4 is 10.0 Å². The van der Waals surface area contributed by atoms with E-state index in [4.69, 9.17) is 4.74 Å². The molecule has 2 aromatic rings. The number of hydrogen-bond donors (Lipinski definition) is 1. The van der Waals surface area contributed by atoms with Crippen LogP contribution in [-0.2, 0) is 22.7 Å². The molecule has 9 heteroatoms. The second-order valence-electron chi connectivity index (χ2n) is 4.75. The van der Waals surface area contributed by atoms with E-state index in [1.54, 1.807) is 19.1 Å². The van der Waals surface area contributed by atoms with Gasteiger partial charge in [-0.25, -0.2) is 18.1 Å². The monoisotopic (exact) mass is 360 g/mol. The minimum absolute atomic E-state index is 0.0907. The van der Waals surface area contributed by atoms with Crippen LogP contribution in [0.1, 0.15) is 18.1 Å². The average molecular weight is 360 g/mol. The van der Waals surface area contributed by atoms with E-state index < -0.39 is 21.8 Å². The number of pyridine rings is 1. The smallest absolute Gasteiger partial charge is 0.416 e. The van der Waals surface area contributed by atoms with Gasteiger partial charge < -0.3 is 4.74 Å². The van der Waals surface area contributed by atoms with Gasteiger partial charge in [-0.3, -0.25) is 0 Å². The molecule has 0 amide bonds. The number of ether oxygens (including phenoxy) is 1. The number of nitrogens with one attached hydrogen (secondary N) is 1. The molecule has 0 aliphatic carbocycles. The van der Waals surface area contributed by atoms with E-state index in [1.807, 2.05) is 0 Å².